The number of hydrogen-bond acceptors (Lipinski definition) is 3. The molecule has 2 aromatic carbocycles. The standard InChI is InChI=1S/C25H23N3O/c1-29-12-4-5-17-7-9-21-19(13-17)15-24(27-21)18-8-10-22-20(14-18)16-25(28-22)23-6-2-3-11-26-23/h2-3,6-11,13-15,27H,4-5,12,16H2,1H3. The fraction of sp³-hybridized carbons (Fsp3) is 0.200. The number of methoxy groups -OCH3 is 1. The van der Waals surface area contributed by atoms with Crippen molar-refractivity contribution in [2.75, 3.05) is 13.7 Å². The molecule has 0 atom stereocenters. The summed E-state index contributed by atoms with van der Waals surface area (Å²) >= 11 is 0. The van der Waals surface area contributed by atoms with Gasteiger partial charge in [-0.15, -0.1) is 0 Å². The molecule has 1 aliphatic rings. The van der Waals surface area contributed by atoms with E-state index in [9.17, 15) is 0 Å². The summed E-state index contributed by atoms with van der Waals surface area (Å²) in [4.78, 5) is 12.8. The van der Waals surface area contributed by atoms with Gasteiger partial charge in [-0.2, -0.15) is 0 Å². The van der Waals surface area contributed by atoms with Crippen LogP contribution < -0.4 is 0 Å². The molecule has 0 amide bonds. The van der Waals surface area contributed by atoms with Gasteiger partial charge in [0.1, 0.15) is 0 Å². The van der Waals surface area contributed by atoms with E-state index in [4.69, 9.17) is 9.73 Å². The Balaban J connectivity index is 1.40. The molecule has 0 spiro atoms. The fourth-order valence-electron chi connectivity index (χ4n) is 3.96. The number of nitrogens with zero attached hydrogens (tertiary/aromatic N) is 2. The van der Waals surface area contributed by atoms with E-state index in [0.29, 0.717) is 0 Å². The van der Waals surface area contributed by atoms with Gasteiger partial charge in [-0.05, 0) is 72.0 Å². The molecule has 4 nitrogen and oxygen atoms in total. The highest BCUT2D eigenvalue weighted by atomic mass is 16.5. The normalized spacial score (nSPS) is 12.9. The number of aromatic nitrogens is 2. The zero-order chi connectivity index (χ0) is 19.6. The Bertz CT molecular complexity index is 1190. The van der Waals surface area contributed by atoms with Gasteiger partial charge in [0.05, 0.1) is 17.1 Å². The van der Waals surface area contributed by atoms with E-state index in [2.05, 4.69) is 52.4 Å². The number of aliphatic imine (C=N–C) groups is 1. The van der Waals surface area contributed by atoms with E-state index >= 15 is 0 Å². The number of aromatic amines is 1. The van der Waals surface area contributed by atoms with E-state index in [1.807, 2.05) is 24.4 Å². The molecule has 1 N–H and O–H groups in total. The summed E-state index contributed by atoms with van der Waals surface area (Å²) in [7, 11) is 1.75. The molecule has 29 heavy (non-hydrogen) atoms. The summed E-state index contributed by atoms with van der Waals surface area (Å²) in [6, 6.07) is 21.4. The van der Waals surface area contributed by atoms with Crippen molar-refractivity contribution in [1.29, 1.82) is 0 Å². The molecule has 0 saturated carbocycles. The van der Waals surface area contributed by atoms with Gasteiger partial charge in [0.15, 0.2) is 0 Å². The molecule has 5 rings (SSSR count). The predicted molar refractivity (Wildman–Crippen MR) is 118 cm³/mol. The van der Waals surface area contributed by atoms with E-state index in [-0.39, 0.29) is 0 Å². The van der Waals surface area contributed by atoms with Crippen molar-refractivity contribution in [3.63, 3.8) is 0 Å². The Hall–Kier alpha value is -3.24. The van der Waals surface area contributed by atoms with Crippen LogP contribution in [0.25, 0.3) is 22.2 Å². The van der Waals surface area contributed by atoms with Crippen LogP contribution in [0.1, 0.15) is 23.2 Å². The second-order valence-corrected chi connectivity index (χ2v) is 7.49. The molecule has 0 saturated heterocycles. The molecule has 0 unspecified atom stereocenters. The predicted octanol–water partition coefficient (Wildman–Crippen LogP) is 5.49. The number of fused-ring (bicyclic) bond motifs is 2. The first-order valence-electron chi connectivity index (χ1n) is 10.0. The van der Waals surface area contributed by atoms with Gasteiger partial charge in [-0.1, -0.05) is 18.2 Å². The molecule has 0 bridgehead atoms. The molecule has 4 heteroatoms. The quantitative estimate of drug-likeness (QED) is 0.449. The Morgan fingerprint density at radius 2 is 2.00 bits per heavy atom. The van der Waals surface area contributed by atoms with E-state index < -0.39 is 0 Å². The van der Waals surface area contributed by atoms with Gasteiger partial charge in [0.25, 0.3) is 0 Å². The van der Waals surface area contributed by atoms with Crippen LogP contribution >= 0.6 is 0 Å². The molecule has 0 aliphatic carbocycles. The molecule has 4 aromatic rings. The highest BCUT2D eigenvalue weighted by Crippen LogP contribution is 2.33. The van der Waals surface area contributed by atoms with Gasteiger partial charge in [0.2, 0.25) is 0 Å². The van der Waals surface area contributed by atoms with Crippen LogP contribution in [0.15, 0.2) is 71.9 Å². The molecule has 1 aliphatic heterocycles. The maximum atomic E-state index is 5.17. The second-order valence-electron chi connectivity index (χ2n) is 7.49. The number of H-pyrrole nitrogens is 1. The smallest absolute Gasteiger partial charge is 0.0848 e. The molecule has 0 fully saturated rings. The SMILES string of the molecule is COCCCc1ccc2[nH]c(-c3ccc4c(c3)CC(c3ccccn3)=N4)cc2c1. The highest BCUT2D eigenvalue weighted by Gasteiger charge is 2.18. The lowest BCUT2D eigenvalue weighted by Crippen LogP contribution is -2.02. The lowest BCUT2D eigenvalue weighted by Gasteiger charge is -2.02. The Kier molecular flexibility index (Phi) is 4.70. The Morgan fingerprint density at radius 3 is 2.86 bits per heavy atom. The van der Waals surface area contributed by atoms with Gasteiger partial charge in [-0.25, -0.2) is 0 Å². The minimum atomic E-state index is 0.800. The van der Waals surface area contributed by atoms with Gasteiger partial charge in [0, 0.05) is 42.9 Å². The average molecular weight is 381 g/mol. The molecule has 3 heterocycles. The van der Waals surface area contributed by atoms with Crippen molar-refractivity contribution in [2.24, 2.45) is 4.99 Å². The first-order chi connectivity index (χ1) is 14.3. The zero-order valence-corrected chi connectivity index (χ0v) is 16.5. The van der Waals surface area contributed by atoms with Crippen LogP contribution in [0.5, 0.6) is 0 Å². The minimum absolute atomic E-state index is 0.800. The van der Waals surface area contributed by atoms with Crippen LogP contribution in [0.2, 0.25) is 0 Å². The van der Waals surface area contributed by atoms with Crippen molar-refractivity contribution in [3.8, 4) is 11.3 Å². The van der Waals surface area contributed by atoms with Crippen molar-refractivity contribution in [3.05, 3.63) is 83.7 Å². The third-order valence-corrected chi connectivity index (χ3v) is 5.46. The van der Waals surface area contributed by atoms with Gasteiger partial charge < -0.3 is 9.72 Å². The van der Waals surface area contributed by atoms with Crippen molar-refractivity contribution in [1.82, 2.24) is 9.97 Å². The first-order valence-corrected chi connectivity index (χ1v) is 10.0. The summed E-state index contributed by atoms with van der Waals surface area (Å²) < 4.78 is 5.17. The van der Waals surface area contributed by atoms with Crippen LogP contribution in [0.3, 0.4) is 0 Å². The Labute approximate surface area is 170 Å². The largest absolute Gasteiger partial charge is 0.385 e. The van der Waals surface area contributed by atoms with E-state index in [1.165, 1.54) is 27.6 Å². The summed E-state index contributed by atoms with van der Waals surface area (Å²) in [6.45, 7) is 0.800. The van der Waals surface area contributed by atoms with Crippen molar-refractivity contribution >= 4 is 22.3 Å². The fourth-order valence-corrected chi connectivity index (χ4v) is 3.96. The molecular formula is C25H23N3O. The van der Waals surface area contributed by atoms with Crippen LogP contribution in [0.4, 0.5) is 5.69 Å². The summed E-state index contributed by atoms with van der Waals surface area (Å²) in [5.74, 6) is 0. The van der Waals surface area contributed by atoms with Crippen LogP contribution in [0, 0.1) is 0 Å². The third-order valence-electron chi connectivity index (χ3n) is 5.46. The number of aryl methyl sites for hydroxylation is 1. The number of benzene rings is 2. The topological polar surface area (TPSA) is 50.3 Å². The van der Waals surface area contributed by atoms with Crippen molar-refractivity contribution < 1.29 is 4.74 Å². The van der Waals surface area contributed by atoms with Crippen molar-refractivity contribution in [2.45, 2.75) is 19.3 Å². The third kappa shape index (κ3) is 3.59. The number of pyridine rings is 1. The summed E-state index contributed by atoms with van der Waals surface area (Å²) in [5.41, 5.74) is 9.14. The van der Waals surface area contributed by atoms with Gasteiger partial charge >= 0.3 is 0 Å². The first kappa shape index (κ1) is 17.8. The maximum Gasteiger partial charge on any atom is 0.0848 e. The lowest BCUT2D eigenvalue weighted by atomic mass is 10.0. The summed E-state index contributed by atoms with van der Waals surface area (Å²) in [5, 5.41) is 1.25. The number of hydrogen-bond donors (Lipinski definition) is 1. The molecule has 144 valence electrons. The lowest BCUT2D eigenvalue weighted by molar-refractivity contribution is 0.195. The average Bonchev–Trinajstić information content (AvgIpc) is 3.38. The Morgan fingerprint density at radius 1 is 1.03 bits per heavy atom. The number of rotatable bonds is 6. The van der Waals surface area contributed by atoms with E-state index in [0.717, 1.165) is 48.7 Å². The number of nitrogens with one attached hydrogen (secondary N) is 1. The molecule has 2 aromatic heterocycles. The van der Waals surface area contributed by atoms with Gasteiger partial charge in [-0.3, -0.25) is 9.98 Å². The highest BCUT2D eigenvalue weighted by molar-refractivity contribution is 6.05. The van der Waals surface area contributed by atoms with E-state index in [1.54, 1.807) is 7.11 Å². The van der Waals surface area contributed by atoms with Crippen LogP contribution in [-0.2, 0) is 17.6 Å². The maximum absolute atomic E-state index is 5.17. The van der Waals surface area contributed by atoms with Crippen LogP contribution in [-0.4, -0.2) is 29.4 Å². The monoisotopic (exact) mass is 381 g/mol. The molecular weight excluding hydrogens is 358 g/mol. The summed E-state index contributed by atoms with van der Waals surface area (Å²) in [6.07, 6.45) is 4.73. The minimum Gasteiger partial charge on any atom is -0.385 e. The second kappa shape index (κ2) is 7.64. The molecule has 0 radical (unpaired) electrons. The number of ether oxygens (including phenoxy) is 1. The zero-order valence-electron chi connectivity index (χ0n) is 16.5.